The van der Waals surface area contributed by atoms with Crippen molar-refractivity contribution < 1.29 is 22.7 Å². The average Bonchev–Trinajstić information content (AvgIpc) is 2.39. The summed E-state index contributed by atoms with van der Waals surface area (Å²) in [6.45, 7) is 3.66. The fourth-order valence-corrected chi connectivity index (χ4v) is 3.20. The van der Waals surface area contributed by atoms with E-state index in [1.54, 1.807) is 6.92 Å². The summed E-state index contributed by atoms with van der Waals surface area (Å²) in [4.78, 5) is 10.4. The summed E-state index contributed by atoms with van der Waals surface area (Å²) in [6.07, 6.45) is 1.09. The van der Waals surface area contributed by atoms with Crippen LogP contribution in [0.2, 0.25) is 0 Å². The molecule has 1 unspecified atom stereocenters. The molecule has 1 atom stereocenters. The van der Waals surface area contributed by atoms with E-state index in [0.717, 1.165) is 6.07 Å². The third-order valence-electron chi connectivity index (χ3n) is 3.22. The van der Waals surface area contributed by atoms with E-state index in [1.807, 2.05) is 6.92 Å². The molecule has 118 valence electrons. The second kappa shape index (κ2) is 7.51. The van der Waals surface area contributed by atoms with Crippen molar-refractivity contribution in [2.45, 2.75) is 38.0 Å². The van der Waals surface area contributed by atoms with Crippen LogP contribution >= 0.6 is 0 Å². The summed E-state index contributed by atoms with van der Waals surface area (Å²) in [6, 6.07) is 3.62. The fraction of sp³-hybridized carbons (Fsp3) is 0.500. The van der Waals surface area contributed by atoms with Gasteiger partial charge in [-0.3, -0.25) is 4.79 Å². The molecule has 0 spiro atoms. The van der Waals surface area contributed by atoms with Gasteiger partial charge in [-0.15, -0.1) is 0 Å². The van der Waals surface area contributed by atoms with Gasteiger partial charge in [-0.1, -0.05) is 13.0 Å². The number of hydrogen-bond acceptors (Lipinski definition) is 3. The third-order valence-corrected chi connectivity index (χ3v) is 4.82. The van der Waals surface area contributed by atoms with E-state index in [4.69, 9.17) is 5.11 Å². The quantitative estimate of drug-likeness (QED) is 0.770. The Balaban J connectivity index is 2.57. The van der Waals surface area contributed by atoms with E-state index in [-0.39, 0.29) is 23.8 Å². The van der Waals surface area contributed by atoms with Crippen molar-refractivity contribution in [1.82, 2.24) is 4.72 Å². The Labute approximate surface area is 124 Å². The maximum Gasteiger partial charge on any atom is 0.303 e. The van der Waals surface area contributed by atoms with Gasteiger partial charge in [0.2, 0.25) is 10.0 Å². The maximum atomic E-state index is 13.2. The first-order valence-corrected chi connectivity index (χ1v) is 8.18. The van der Waals surface area contributed by atoms with Gasteiger partial charge >= 0.3 is 5.97 Å². The number of halogens is 1. The lowest BCUT2D eigenvalue weighted by atomic mass is 10.0. The highest BCUT2D eigenvalue weighted by Gasteiger charge is 2.17. The molecule has 0 amide bonds. The van der Waals surface area contributed by atoms with Crippen LogP contribution in [0.3, 0.4) is 0 Å². The van der Waals surface area contributed by atoms with E-state index in [0.29, 0.717) is 18.4 Å². The topological polar surface area (TPSA) is 83.5 Å². The second-order valence-corrected chi connectivity index (χ2v) is 6.87. The zero-order chi connectivity index (χ0) is 16.0. The summed E-state index contributed by atoms with van der Waals surface area (Å²) < 4.78 is 39.7. The summed E-state index contributed by atoms with van der Waals surface area (Å²) in [7, 11) is -3.75. The molecule has 1 aromatic rings. The molecule has 1 aromatic carbocycles. The van der Waals surface area contributed by atoms with Gasteiger partial charge in [0, 0.05) is 13.0 Å². The Morgan fingerprint density at radius 1 is 1.38 bits per heavy atom. The largest absolute Gasteiger partial charge is 0.481 e. The Morgan fingerprint density at radius 3 is 2.67 bits per heavy atom. The van der Waals surface area contributed by atoms with Gasteiger partial charge in [0.15, 0.2) is 0 Å². The monoisotopic (exact) mass is 317 g/mol. The molecule has 0 saturated carbocycles. The number of rotatable bonds is 8. The van der Waals surface area contributed by atoms with Crippen LogP contribution in [0, 0.1) is 18.7 Å². The van der Waals surface area contributed by atoms with Gasteiger partial charge in [0.1, 0.15) is 5.82 Å². The minimum atomic E-state index is -3.75. The molecule has 0 aliphatic heterocycles. The Hall–Kier alpha value is -1.47. The lowest BCUT2D eigenvalue weighted by Gasteiger charge is -2.12. The zero-order valence-corrected chi connectivity index (χ0v) is 12.9. The molecule has 21 heavy (non-hydrogen) atoms. The van der Waals surface area contributed by atoms with Gasteiger partial charge in [0.05, 0.1) is 4.90 Å². The lowest BCUT2D eigenvalue weighted by Crippen LogP contribution is -2.26. The predicted molar refractivity (Wildman–Crippen MR) is 77.0 cm³/mol. The molecule has 0 radical (unpaired) electrons. The zero-order valence-electron chi connectivity index (χ0n) is 12.1. The highest BCUT2D eigenvalue weighted by Crippen LogP contribution is 2.16. The molecule has 1 rings (SSSR count). The van der Waals surface area contributed by atoms with Crippen LogP contribution in [-0.2, 0) is 14.8 Å². The molecule has 7 heteroatoms. The number of carbonyl (C=O) groups is 1. The number of carboxylic acids is 1. The van der Waals surface area contributed by atoms with Crippen LogP contribution in [0.4, 0.5) is 4.39 Å². The molecule has 0 bridgehead atoms. The molecule has 0 aliphatic carbocycles. The van der Waals surface area contributed by atoms with Crippen molar-refractivity contribution in [3.63, 3.8) is 0 Å². The standard InChI is InChI=1S/C14H20FNO4S/c1-10(3-6-14(17)18)7-8-16-21(19,20)13-9-12(15)5-4-11(13)2/h4-5,9-10,16H,3,6-8H2,1-2H3,(H,17,18). The summed E-state index contributed by atoms with van der Waals surface area (Å²) in [5.41, 5.74) is 0.475. The summed E-state index contributed by atoms with van der Waals surface area (Å²) in [5.74, 6) is -1.37. The third kappa shape index (κ3) is 5.81. The van der Waals surface area contributed by atoms with E-state index in [1.165, 1.54) is 12.1 Å². The van der Waals surface area contributed by atoms with Crippen LogP contribution in [0.1, 0.15) is 31.7 Å². The minimum Gasteiger partial charge on any atom is -0.481 e. The van der Waals surface area contributed by atoms with Gasteiger partial charge in [-0.2, -0.15) is 0 Å². The van der Waals surface area contributed by atoms with Crippen molar-refractivity contribution in [1.29, 1.82) is 0 Å². The number of aryl methyl sites for hydroxylation is 1. The first kappa shape index (κ1) is 17.6. The average molecular weight is 317 g/mol. The van der Waals surface area contributed by atoms with Crippen LogP contribution in [0.25, 0.3) is 0 Å². The van der Waals surface area contributed by atoms with Crippen molar-refractivity contribution in [3.05, 3.63) is 29.6 Å². The second-order valence-electron chi connectivity index (χ2n) is 5.13. The number of nitrogens with one attached hydrogen (secondary N) is 1. The van der Waals surface area contributed by atoms with Crippen LogP contribution in [-0.4, -0.2) is 26.0 Å². The van der Waals surface area contributed by atoms with E-state index in [2.05, 4.69) is 4.72 Å². The summed E-state index contributed by atoms with van der Waals surface area (Å²) >= 11 is 0. The van der Waals surface area contributed by atoms with Gasteiger partial charge in [-0.05, 0) is 43.4 Å². The number of carboxylic acid groups (broad SMARTS) is 1. The number of hydrogen-bond donors (Lipinski definition) is 2. The normalized spacial score (nSPS) is 13.1. The first-order valence-electron chi connectivity index (χ1n) is 6.70. The predicted octanol–water partition coefficient (Wildman–Crippen LogP) is 2.30. The van der Waals surface area contributed by atoms with Gasteiger partial charge < -0.3 is 5.11 Å². The van der Waals surface area contributed by atoms with E-state index in [9.17, 15) is 17.6 Å². The SMILES string of the molecule is Cc1ccc(F)cc1S(=O)(=O)NCCC(C)CCC(=O)O. The molecule has 5 nitrogen and oxygen atoms in total. The Kier molecular flexibility index (Phi) is 6.29. The molecule has 0 fully saturated rings. The maximum absolute atomic E-state index is 13.2. The molecule has 0 heterocycles. The van der Waals surface area contributed by atoms with Crippen molar-refractivity contribution in [3.8, 4) is 0 Å². The smallest absolute Gasteiger partial charge is 0.303 e. The van der Waals surface area contributed by atoms with Crippen LogP contribution in [0.15, 0.2) is 23.1 Å². The Morgan fingerprint density at radius 2 is 2.05 bits per heavy atom. The molecular weight excluding hydrogens is 297 g/mol. The highest BCUT2D eigenvalue weighted by atomic mass is 32.2. The van der Waals surface area contributed by atoms with Gasteiger partial charge in [-0.25, -0.2) is 17.5 Å². The van der Waals surface area contributed by atoms with Crippen LogP contribution < -0.4 is 4.72 Å². The fourth-order valence-electron chi connectivity index (χ4n) is 1.90. The lowest BCUT2D eigenvalue weighted by molar-refractivity contribution is -0.137. The van der Waals surface area contributed by atoms with Crippen molar-refractivity contribution in [2.24, 2.45) is 5.92 Å². The highest BCUT2D eigenvalue weighted by molar-refractivity contribution is 7.89. The van der Waals surface area contributed by atoms with Crippen molar-refractivity contribution >= 4 is 16.0 Å². The van der Waals surface area contributed by atoms with E-state index < -0.39 is 21.8 Å². The molecule has 0 aliphatic rings. The molecular formula is C14H20FNO4S. The molecule has 0 saturated heterocycles. The number of benzene rings is 1. The molecule has 0 aromatic heterocycles. The molecule has 2 N–H and O–H groups in total. The first-order chi connectivity index (χ1) is 9.72. The van der Waals surface area contributed by atoms with Crippen molar-refractivity contribution in [2.75, 3.05) is 6.54 Å². The minimum absolute atomic E-state index is 0.0664. The number of aliphatic carboxylic acids is 1. The van der Waals surface area contributed by atoms with Crippen LogP contribution in [0.5, 0.6) is 0 Å². The Bertz CT molecular complexity index is 601. The number of sulfonamides is 1. The van der Waals surface area contributed by atoms with Gasteiger partial charge in [0.25, 0.3) is 0 Å². The summed E-state index contributed by atoms with van der Waals surface area (Å²) in [5, 5.41) is 8.58. The van der Waals surface area contributed by atoms with E-state index >= 15 is 0 Å².